The van der Waals surface area contributed by atoms with E-state index in [1.807, 2.05) is 18.2 Å². The Kier molecular flexibility index (Phi) is 25.0. The predicted octanol–water partition coefficient (Wildman–Crippen LogP) is -8.98. The molecule has 0 atom stereocenters. The molecule has 0 aliphatic heterocycles. The Morgan fingerprint density at radius 1 is 0.778 bits per heavy atom. The molecule has 0 fully saturated rings. The van der Waals surface area contributed by atoms with Crippen molar-refractivity contribution in [2.45, 2.75) is 39.5 Å². The van der Waals surface area contributed by atoms with Crippen LogP contribution in [-0.2, 0) is 22.4 Å². The average molecular weight is 500 g/mol. The number of rotatable bonds is 2. The van der Waals surface area contributed by atoms with Gasteiger partial charge in [0, 0.05) is 0 Å². The SMILES string of the molecule is CC(C)c1cccc(C(C)C)c1[O-].[Cl-].[Cl-].[Cl-].[Cl-].[Ta+5]. The van der Waals surface area contributed by atoms with Gasteiger partial charge in [0.15, 0.2) is 0 Å². The summed E-state index contributed by atoms with van der Waals surface area (Å²) in [7, 11) is 0. The summed E-state index contributed by atoms with van der Waals surface area (Å²) in [6.45, 7) is 8.23. The van der Waals surface area contributed by atoms with Gasteiger partial charge in [-0.3, -0.25) is 0 Å². The zero-order valence-corrected chi connectivity index (χ0v) is 17.0. The molecule has 0 aliphatic carbocycles. The van der Waals surface area contributed by atoms with Crippen molar-refractivity contribution in [3.8, 4) is 5.75 Å². The molecule has 0 radical (unpaired) electrons. The van der Waals surface area contributed by atoms with Crippen molar-refractivity contribution in [1.29, 1.82) is 0 Å². The maximum Gasteiger partial charge on any atom is 5.00 e. The van der Waals surface area contributed by atoms with Crippen LogP contribution in [0.25, 0.3) is 0 Å². The first-order chi connectivity index (χ1) is 6.04. The third kappa shape index (κ3) is 8.16. The van der Waals surface area contributed by atoms with Crippen LogP contribution in [-0.4, -0.2) is 0 Å². The zero-order valence-electron chi connectivity index (χ0n) is 10.8. The van der Waals surface area contributed by atoms with E-state index in [1.165, 1.54) is 0 Å². The summed E-state index contributed by atoms with van der Waals surface area (Å²) in [5.41, 5.74) is 1.87. The molecule has 0 aromatic heterocycles. The molecule has 104 valence electrons. The van der Waals surface area contributed by atoms with Crippen LogP contribution in [0.2, 0.25) is 0 Å². The van der Waals surface area contributed by atoms with Crippen molar-refractivity contribution in [2.75, 3.05) is 0 Å². The van der Waals surface area contributed by atoms with Crippen LogP contribution in [0.5, 0.6) is 5.75 Å². The van der Waals surface area contributed by atoms with Gasteiger partial charge in [-0.05, 0) is 11.8 Å². The fraction of sp³-hybridized carbons (Fsp3) is 0.500. The summed E-state index contributed by atoms with van der Waals surface area (Å²) in [5, 5.41) is 11.9. The molecule has 0 heterocycles. The Morgan fingerprint density at radius 2 is 1.06 bits per heavy atom. The molecule has 0 saturated carbocycles. The van der Waals surface area contributed by atoms with E-state index in [9.17, 15) is 5.11 Å². The Hall–Kier alpha value is 0.920. The van der Waals surface area contributed by atoms with Gasteiger partial charge in [0.05, 0.1) is 0 Å². The number of benzene rings is 1. The van der Waals surface area contributed by atoms with Gasteiger partial charge in [-0.25, -0.2) is 0 Å². The number of hydrogen-bond donors (Lipinski definition) is 0. The van der Waals surface area contributed by atoms with Crippen LogP contribution in [0.3, 0.4) is 0 Å². The van der Waals surface area contributed by atoms with Gasteiger partial charge in [-0.1, -0.05) is 57.0 Å². The van der Waals surface area contributed by atoms with Gasteiger partial charge in [0.1, 0.15) is 0 Å². The Bertz CT molecular complexity index is 280. The molecule has 0 saturated heterocycles. The van der Waals surface area contributed by atoms with Crippen molar-refractivity contribution in [2.24, 2.45) is 0 Å². The first-order valence-electron chi connectivity index (χ1n) is 4.83. The van der Waals surface area contributed by atoms with Crippen LogP contribution in [0.1, 0.15) is 50.7 Å². The Balaban J connectivity index is -0.000000113. The van der Waals surface area contributed by atoms with Gasteiger partial charge in [0.2, 0.25) is 0 Å². The molecular formula is C12H17Cl4OTa. The molecule has 1 nitrogen and oxygen atoms in total. The normalized spacial score (nSPS) is 8.11. The third-order valence-electron chi connectivity index (χ3n) is 2.32. The fourth-order valence-electron chi connectivity index (χ4n) is 1.48. The zero-order chi connectivity index (χ0) is 10.0. The minimum atomic E-state index is 0. The topological polar surface area (TPSA) is 23.1 Å². The predicted molar refractivity (Wildman–Crippen MR) is 54.1 cm³/mol. The number of hydrogen-bond acceptors (Lipinski definition) is 1. The van der Waals surface area contributed by atoms with Crippen molar-refractivity contribution >= 4 is 0 Å². The van der Waals surface area contributed by atoms with Crippen molar-refractivity contribution < 1.29 is 77.1 Å². The van der Waals surface area contributed by atoms with E-state index in [0.29, 0.717) is 11.8 Å². The van der Waals surface area contributed by atoms with Crippen LogP contribution in [0, 0.1) is 0 Å². The molecule has 0 amide bonds. The molecule has 1 aromatic rings. The minimum Gasteiger partial charge on any atom is -1.00 e. The maximum atomic E-state index is 11.9. The fourth-order valence-corrected chi connectivity index (χ4v) is 1.48. The van der Waals surface area contributed by atoms with Crippen LogP contribution in [0.15, 0.2) is 18.2 Å². The summed E-state index contributed by atoms with van der Waals surface area (Å²) < 4.78 is 0. The molecule has 1 rings (SSSR count). The number of halogens is 4. The molecule has 0 aliphatic rings. The van der Waals surface area contributed by atoms with E-state index in [2.05, 4.69) is 27.7 Å². The van der Waals surface area contributed by atoms with Crippen molar-refractivity contribution in [1.82, 2.24) is 0 Å². The second kappa shape index (κ2) is 14.3. The van der Waals surface area contributed by atoms with Gasteiger partial charge < -0.3 is 54.7 Å². The van der Waals surface area contributed by atoms with Crippen molar-refractivity contribution in [3.63, 3.8) is 0 Å². The summed E-state index contributed by atoms with van der Waals surface area (Å²) in [6, 6.07) is 5.84. The van der Waals surface area contributed by atoms with E-state index in [1.54, 1.807) is 0 Å². The average Bonchev–Trinajstić information content (AvgIpc) is 2.03. The summed E-state index contributed by atoms with van der Waals surface area (Å²) in [5.74, 6) is 0.880. The maximum absolute atomic E-state index is 11.9. The van der Waals surface area contributed by atoms with E-state index >= 15 is 0 Å². The monoisotopic (exact) mass is 498 g/mol. The summed E-state index contributed by atoms with van der Waals surface area (Å²) in [4.78, 5) is 0. The molecule has 0 spiro atoms. The van der Waals surface area contributed by atoms with E-state index in [-0.39, 0.29) is 77.8 Å². The molecule has 6 heteroatoms. The molecule has 18 heavy (non-hydrogen) atoms. The molecular weight excluding hydrogens is 483 g/mol. The molecule has 0 bridgehead atoms. The second-order valence-electron chi connectivity index (χ2n) is 4.07. The first kappa shape index (κ1) is 31.4. The van der Waals surface area contributed by atoms with Crippen LogP contribution in [0.4, 0.5) is 0 Å². The quantitative estimate of drug-likeness (QED) is 0.396. The van der Waals surface area contributed by atoms with E-state index in [4.69, 9.17) is 0 Å². The van der Waals surface area contributed by atoms with Crippen LogP contribution >= 0.6 is 0 Å². The smallest absolute Gasteiger partial charge is 1.00 e. The van der Waals surface area contributed by atoms with Gasteiger partial charge in [0.25, 0.3) is 0 Å². The van der Waals surface area contributed by atoms with E-state index < -0.39 is 0 Å². The van der Waals surface area contributed by atoms with Crippen LogP contribution < -0.4 is 54.7 Å². The van der Waals surface area contributed by atoms with Gasteiger partial charge in [-0.2, -0.15) is 0 Å². The molecule has 1 aromatic carbocycles. The summed E-state index contributed by atoms with van der Waals surface area (Å²) in [6.07, 6.45) is 0. The first-order valence-corrected chi connectivity index (χ1v) is 4.83. The molecule has 0 N–H and O–H groups in total. The van der Waals surface area contributed by atoms with Crippen molar-refractivity contribution in [3.05, 3.63) is 29.3 Å². The minimum absolute atomic E-state index is 0. The Morgan fingerprint density at radius 3 is 1.28 bits per heavy atom. The standard InChI is InChI=1S/C12H18O.4ClH.Ta/c1-8(2)10-6-5-7-11(9(3)4)12(10)13;;;;;/h5-9,13H,1-4H3;4*1H;/q;;;;;+5/p-5. The van der Waals surface area contributed by atoms with Gasteiger partial charge >= 0.3 is 22.4 Å². The van der Waals surface area contributed by atoms with Gasteiger partial charge in [-0.15, -0.1) is 5.75 Å². The second-order valence-corrected chi connectivity index (χ2v) is 4.07. The van der Waals surface area contributed by atoms with E-state index in [0.717, 1.165) is 11.1 Å². The summed E-state index contributed by atoms with van der Waals surface area (Å²) >= 11 is 0. The largest absolute Gasteiger partial charge is 5.00 e. The third-order valence-corrected chi connectivity index (χ3v) is 2.32. The number of para-hydroxylation sites is 1. The Labute approximate surface area is 151 Å². The molecule has 0 unspecified atom stereocenters.